The van der Waals surface area contributed by atoms with Gasteiger partial charge in [-0.2, -0.15) is 0 Å². The second-order valence-corrected chi connectivity index (χ2v) is 7.13. The van der Waals surface area contributed by atoms with Crippen molar-refractivity contribution in [3.05, 3.63) is 52.6 Å². The first-order valence-corrected chi connectivity index (χ1v) is 9.06. The first-order chi connectivity index (χ1) is 13.7. The lowest BCUT2D eigenvalue weighted by Crippen LogP contribution is -2.45. The summed E-state index contributed by atoms with van der Waals surface area (Å²) >= 11 is 0. The van der Waals surface area contributed by atoms with E-state index in [1.54, 1.807) is 12.1 Å². The third-order valence-electron chi connectivity index (χ3n) is 4.91. The lowest BCUT2D eigenvalue weighted by atomic mass is 9.82. The molecule has 7 heteroatoms. The van der Waals surface area contributed by atoms with Crippen molar-refractivity contribution in [2.45, 2.75) is 25.9 Å². The number of ether oxygens (including phenoxy) is 3. The highest BCUT2D eigenvalue weighted by molar-refractivity contribution is 6.08. The third-order valence-corrected chi connectivity index (χ3v) is 4.91. The molecular formula is C22H24O7. The van der Waals surface area contributed by atoms with Gasteiger partial charge in [0.05, 0.1) is 14.2 Å². The molecule has 3 N–H and O–H groups in total. The average molecular weight is 400 g/mol. The molecule has 1 unspecified atom stereocenters. The van der Waals surface area contributed by atoms with E-state index in [1.807, 2.05) is 19.9 Å². The van der Waals surface area contributed by atoms with Crippen LogP contribution in [0.25, 0.3) is 0 Å². The summed E-state index contributed by atoms with van der Waals surface area (Å²) in [5, 5.41) is 31.1. The van der Waals surface area contributed by atoms with E-state index in [9.17, 15) is 20.1 Å². The van der Waals surface area contributed by atoms with Gasteiger partial charge in [-0.25, -0.2) is 0 Å². The Labute approximate surface area is 168 Å². The smallest absolute Gasteiger partial charge is 0.210 e. The van der Waals surface area contributed by atoms with Crippen LogP contribution < -0.4 is 14.2 Å². The monoisotopic (exact) mass is 400 g/mol. The predicted octanol–water partition coefficient (Wildman–Crippen LogP) is 3.09. The minimum Gasteiger partial charge on any atom is -0.508 e. The molecule has 1 aliphatic heterocycles. The Morgan fingerprint density at radius 2 is 1.93 bits per heavy atom. The van der Waals surface area contributed by atoms with Crippen LogP contribution >= 0.6 is 0 Å². The highest BCUT2D eigenvalue weighted by Crippen LogP contribution is 2.46. The molecule has 0 radical (unpaired) electrons. The molecule has 0 aromatic heterocycles. The molecular weight excluding hydrogens is 376 g/mol. The normalized spacial score (nSPS) is 17.9. The zero-order chi connectivity index (χ0) is 21.3. The first-order valence-electron chi connectivity index (χ1n) is 9.06. The SMILES string of the molecule is COc1ccc(C2(O)COc3cc(O)cc(O)c3C2=O)c(OC)c1CC=C(C)C. The number of hydrogen-bond donors (Lipinski definition) is 3. The van der Waals surface area contributed by atoms with Gasteiger partial charge in [-0.1, -0.05) is 11.6 Å². The zero-order valence-corrected chi connectivity index (χ0v) is 16.8. The van der Waals surface area contributed by atoms with Crippen LogP contribution in [-0.4, -0.2) is 41.9 Å². The molecule has 1 atom stereocenters. The summed E-state index contributed by atoms with van der Waals surface area (Å²) in [7, 11) is 2.98. The zero-order valence-electron chi connectivity index (χ0n) is 16.8. The molecule has 1 heterocycles. The van der Waals surface area contributed by atoms with Crippen LogP contribution in [0.4, 0.5) is 0 Å². The van der Waals surface area contributed by atoms with Gasteiger partial charge in [0.15, 0.2) is 5.60 Å². The maximum Gasteiger partial charge on any atom is 0.210 e. The van der Waals surface area contributed by atoms with E-state index in [0.717, 1.165) is 11.6 Å². The molecule has 7 nitrogen and oxygen atoms in total. The minimum atomic E-state index is -2.08. The highest BCUT2D eigenvalue weighted by Gasteiger charge is 2.48. The number of methoxy groups -OCH3 is 2. The molecule has 0 bridgehead atoms. The number of aliphatic hydroxyl groups is 1. The molecule has 0 spiro atoms. The van der Waals surface area contributed by atoms with Crippen molar-refractivity contribution >= 4 is 5.78 Å². The molecule has 0 aliphatic carbocycles. The topological polar surface area (TPSA) is 105 Å². The maximum absolute atomic E-state index is 13.2. The van der Waals surface area contributed by atoms with Crippen molar-refractivity contribution in [1.29, 1.82) is 0 Å². The van der Waals surface area contributed by atoms with E-state index in [0.29, 0.717) is 23.5 Å². The molecule has 0 saturated heterocycles. The van der Waals surface area contributed by atoms with Crippen molar-refractivity contribution in [3.8, 4) is 28.7 Å². The van der Waals surface area contributed by atoms with E-state index < -0.39 is 23.7 Å². The van der Waals surface area contributed by atoms with Crippen LogP contribution in [0.1, 0.15) is 35.3 Å². The molecule has 1 aliphatic rings. The van der Waals surface area contributed by atoms with Gasteiger partial charge in [0.2, 0.25) is 5.78 Å². The number of ketones is 1. The predicted molar refractivity (Wildman–Crippen MR) is 106 cm³/mol. The summed E-state index contributed by atoms with van der Waals surface area (Å²) in [6.07, 6.45) is 2.46. The van der Waals surface area contributed by atoms with Crippen LogP contribution in [0.5, 0.6) is 28.7 Å². The molecule has 2 aromatic carbocycles. The highest BCUT2D eigenvalue weighted by atomic mass is 16.5. The third kappa shape index (κ3) is 3.49. The van der Waals surface area contributed by atoms with Gasteiger partial charge < -0.3 is 29.5 Å². The lowest BCUT2D eigenvalue weighted by Gasteiger charge is -2.34. The number of carbonyl (C=O) groups is 1. The molecule has 0 amide bonds. The van der Waals surface area contributed by atoms with Crippen molar-refractivity contribution in [2.24, 2.45) is 0 Å². The van der Waals surface area contributed by atoms with Gasteiger partial charge in [-0.3, -0.25) is 4.79 Å². The Bertz CT molecular complexity index is 989. The fraction of sp³-hybridized carbons (Fsp3) is 0.318. The Kier molecular flexibility index (Phi) is 5.44. The number of benzene rings is 2. The first kappa shape index (κ1) is 20.5. The Balaban J connectivity index is 2.18. The van der Waals surface area contributed by atoms with Gasteiger partial charge in [0.1, 0.15) is 40.9 Å². The van der Waals surface area contributed by atoms with Crippen LogP contribution in [-0.2, 0) is 12.0 Å². The van der Waals surface area contributed by atoms with Gasteiger partial charge in [0.25, 0.3) is 0 Å². The second-order valence-electron chi connectivity index (χ2n) is 7.13. The second kappa shape index (κ2) is 7.67. The number of carbonyl (C=O) groups excluding carboxylic acids is 1. The molecule has 3 rings (SSSR count). The van der Waals surface area contributed by atoms with Gasteiger partial charge in [-0.05, 0) is 32.4 Å². The van der Waals surface area contributed by atoms with Crippen molar-refractivity contribution < 1.29 is 34.3 Å². The summed E-state index contributed by atoms with van der Waals surface area (Å²) in [6, 6.07) is 5.45. The largest absolute Gasteiger partial charge is 0.508 e. The van der Waals surface area contributed by atoms with Gasteiger partial charge in [-0.15, -0.1) is 0 Å². The summed E-state index contributed by atoms with van der Waals surface area (Å²) in [6.45, 7) is 3.53. The number of hydrogen-bond acceptors (Lipinski definition) is 7. The fourth-order valence-electron chi connectivity index (χ4n) is 3.44. The summed E-state index contributed by atoms with van der Waals surface area (Å²) in [5.41, 5.74) is -0.301. The quantitative estimate of drug-likeness (QED) is 0.662. The number of allylic oxidation sites excluding steroid dienone is 2. The van der Waals surface area contributed by atoms with E-state index >= 15 is 0 Å². The number of phenols is 2. The van der Waals surface area contributed by atoms with E-state index in [-0.39, 0.29) is 22.6 Å². The lowest BCUT2D eigenvalue weighted by molar-refractivity contribution is -0.00680. The Morgan fingerprint density at radius 3 is 2.55 bits per heavy atom. The van der Waals surface area contributed by atoms with E-state index in [1.165, 1.54) is 20.3 Å². The van der Waals surface area contributed by atoms with Crippen LogP contribution in [0.2, 0.25) is 0 Å². The van der Waals surface area contributed by atoms with Gasteiger partial charge >= 0.3 is 0 Å². The summed E-state index contributed by atoms with van der Waals surface area (Å²) in [4.78, 5) is 13.2. The molecule has 29 heavy (non-hydrogen) atoms. The number of Topliss-reactive ketones (excluding diaryl/α,β-unsaturated/α-hetero) is 1. The van der Waals surface area contributed by atoms with Gasteiger partial charge in [0, 0.05) is 23.3 Å². The fourth-order valence-corrected chi connectivity index (χ4v) is 3.44. The number of fused-ring (bicyclic) bond motifs is 1. The molecule has 0 saturated carbocycles. The van der Waals surface area contributed by atoms with E-state index in [2.05, 4.69) is 0 Å². The summed E-state index contributed by atoms with van der Waals surface area (Å²) < 4.78 is 16.5. The molecule has 154 valence electrons. The number of rotatable bonds is 5. The number of aromatic hydroxyl groups is 2. The van der Waals surface area contributed by atoms with Crippen molar-refractivity contribution in [1.82, 2.24) is 0 Å². The van der Waals surface area contributed by atoms with Crippen LogP contribution in [0, 0.1) is 0 Å². The van der Waals surface area contributed by atoms with Crippen molar-refractivity contribution in [3.63, 3.8) is 0 Å². The van der Waals surface area contributed by atoms with Crippen LogP contribution in [0.3, 0.4) is 0 Å². The Morgan fingerprint density at radius 1 is 1.21 bits per heavy atom. The molecule has 0 fully saturated rings. The van der Waals surface area contributed by atoms with E-state index in [4.69, 9.17) is 14.2 Å². The molecule has 2 aromatic rings. The number of phenolic OH excluding ortho intramolecular Hbond substituents is 2. The van der Waals surface area contributed by atoms with Crippen LogP contribution in [0.15, 0.2) is 35.9 Å². The summed E-state index contributed by atoms with van der Waals surface area (Å²) in [5.74, 6) is -0.583. The minimum absolute atomic E-state index is 0.00872. The Hall–Kier alpha value is -3.19. The average Bonchev–Trinajstić information content (AvgIpc) is 2.67. The maximum atomic E-state index is 13.2. The standard InChI is InChI=1S/C22H24O7/c1-12(2)5-6-14-17(27-3)8-7-15(20(14)28-4)22(26)11-29-18-10-13(23)9-16(24)19(18)21(22)25/h5,7-10,23-24,26H,6,11H2,1-4H3. The van der Waals surface area contributed by atoms with Crippen molar-refractivity contribution in [2.75, 3.05) is 20.8 Å².